The van der Waals surface area contributed by atoms with Crippen molar-refractivity contribution in [1.82, 2.24) is 9.88 Å². The Kier molecular flexibility index (Phi) is 5.54. The average Bonchev–Trinajstić information content (AvgIpc) is 3.04. The Bertz CT molecular complexity index is 1160. The molecule has 0 saturated carbocycles. The molecule has 1 fully saturated rings. The number of hydrogen-bond donors (Lipinski definition) is 1. The van der Waals surface area contributed by atoms with E-state index in [1.807, 2.05) is 43.3 Å². The number of aryl methyl sites for hydroxylation is 1. The predicted molar refractivity (Wildman–Crippen MR) is 116 cm³/mol. The van der Waals surface area contributed by atoms with Crippen LogP contribution >= 0.6 is 0 Å². The number of amides is 1. The van der Waals surface area contributed by atoms with Gasteiger partial charge in [0.15, 0.2) is 0 Å². The number of ketones is 1. The van der Waals surface area contributed by atoms with Crippen molar-refractivity contribution in [3.05, 3.63) is 101 Å². The van der Waals surface area contributed by atoms with Crippen LogP contribution in [0.4, 0.5) is 0 Å². The molecular formula is C25H22N2O4. The molecule has 0 spiro atoms. The quantitative estimate of drug-likeness (QED) is 0.388. The molecule has 1 amide bonds. The van der Waals surface area contributed by atoms with Gasteiger partial charge in [-0.25, -0.2) is 0 Å². The zero-order valence-corrected chi connectivity index (χ0v) is 17.3. The molecule has 0 bridgehead atoms. The van der Waals surface area contributed by atoms with Crippen molar-refractivity contribution in [2.24, 2.45) is 0 Å². The molecule has 1 saturated heterocycles. The topological polar surface area (TPSA) is 79.7 Å². The standard InChI is InChI=1S/C25H22N2O4/c1-16-13-19(10-11-20(16)31-2)23(28)21-22(18-8-4-3-5-9-18)27(25(30)24(21)29)15-17-7-6-12-26-14-17/h3-14,22,28H,15H2,1-2H3/t22-/m1/s1. The molecular weight excluding hydrogens is 392 g/mol. The van der Waals surface area contributed by atoms with Crippen molar-refractivity contribution in [3.63, 3.8) is 0 Å². The molecule has 2 heterocycles. The number of aliphatic hydroxyl groups is 1. The highest BCUT2D eigenvalue weighted by molar-refractivity contribution is 6.46. The minimum Gasteiger partial charge on any atom is -0.507 e. The van der Waals surface area contributed by atoms with Gasteiger partial charge in [-0.2, -0.15) is 0 Å². The monoisotopic (exact) mass is 414 g/mol. The van der Waals surface area contributed by atoms with Crippen LogP contribution in [-0.4, -0.2) is 33.8 Å². The summed E-state index contributed by atoms with van der Waals surface area (Å²) in [6, 6.07) is 17.3. The molecule has 0 aliphatic carbocycles. The second-order valence-electron chi connectivity index (χ2n) is 7.38. The number of benzene rings is 2. The molecule has 156 valence electrons. The first-order valence-electron chi connectivity index (χ1n) is 9.88. The molecule has 6 heteroatoms. The van der Waals surface area contributed by atoms with Gasteiger partial charge >= 0.3 is 0 Å². The highest BCUT2D eigenvalue weighted by Gasteiger charge is 2.46. The van der Waals surface area contributed by atoms with Crippen molar-refractivity contribution >= 4 is 17.4 Å². The summed E-state index contributed by atoms with van der Waals surface area (Å²) >= 11 is 0. The minimum absolute atomic E-state index is 0.0738. The maximum atomic E-state index is 13.1. The second kappa shape index (κ2) is 8.44. The molecule has 1 N–H and O–H groups in total. The number of aromatic nitrogens is 1. The number of nitrogens with zero attached hydrogens (tertiary/aromatic N) is 2. The van der Waals surface area contributed by atoms with Crippen molar-refractivity contribution < 1.29 is 19.4 Å². The van der Waals surface area contributed by atoms with Crippen LogP contribution < -0.4 is 4.74 Å². The average molecular weight is 414 g/mol. The van der Waals surface area contributed by atoms with E-state index in [9.17, 15) is 14.7 Å². The summed E-state index contributed by atoms with van der Waals surface area (Å²) in [4.78, 5) is 31.6. The summed E-state index contributed by atoms with van der Waals surface area (Å²) in [5.74, 6) is -0.881. The van der Waals surface area contributed by atoms with Crippen LogP contribution in [-0.2, 0) is 16.1 Å². The second-order valence-corrected chi connectivity index (χ2v) is 7.38. The Morgan fingerprint density at radius 1 is 1.10 bits per heavy atom. The number of hydrogen-bond acceptors (Lipinski definition) is 5. The fourth-order valence-electron chi connectivity index (χ4n) is 3.89. The molecule has 0 unspecified atom stereocenters. The van der Waals surface area contributed by atoms with Crippen LogP contribution in [0.5, 0.6) is 5.75 Å². The largest absolute Gasteiger partial charge is 0.507 e. The van der Waals surface area contributed by atoms with E-state index in [0.717, 1.165) is 16.7 Å². The van der Waals surface area contributed by atoms with E-state index >= 15 is 0 Å². The number of carbonyl (C=O) groups excluding carboxylic acids is 2. The molecule has 31 heavy (non-hydrogen) atoms. The molecule has 4 rings (SSSR count). The molecule has 0 radical (unpaired) electrons. The highest BCUT2D eigenvalue weighted by Crippen LogP contribution is 2.40. The lowest BCUT2D eigenvalue weighted by atomic mass is 9.94. The van der Waals surface area contributed by atoms with Crippen LogP contribution in [0.15, 0.2) is 78.6 Å². The Labute approximate surface area is 180 Å². The summed E-state index contributed by atoms with van der Waals surface area (Å²) in [5.41, 5.74) is 2.89. The zero-order valence-electron chi connectivity index (χ0n) is 17.3. The third-order valence-corrected chi connectivity index (χ3v) is 5.40. The molecule has 1 atom stereocenters. The normalized spacial score (nSPS) is 17.7. The van der Waals surface area contributed by atoms with E-state index in [-0.39, 0.29) is 17.9 Å². The van der Waals surface area contributed by atoms with Gasteiger partial charge in [0.05, 0.1) is 18.7 Å². The maximum absolute atomic E-state index is 13.1. The fourth-order valence-corrected chi connectivity index (χ4v) is 3.89. The summed E-state index contributed by atoms with van der Waals surface area (Å²) in [7, 11) is 1.57. The number of ether oxygens (including phenoxy) is 1. The molecule has 2 aromatic carbocycles. The minimum atomic E-state index is -0.705. The zero-order chi connectivity index (χ0) is 22.0. The Balaban J connectivity index is 1.85. The summed E-state index contributed by atoms with van der Waals surface area (Å²) < 4.78 is 5.28. The van der Waals surface area contributed by atoms with E-state index in [1.54, 1.807) is 43.8 Å². The number of rotatable bonds is 5. The van der Waals surface area contributed by atoms with E-state index < -0.39 is 17.7 Å². The number of likely N-dealkylation sites (tertiary alicyclic amines) is 1. The third-order valence-electron chi connectivity index (χ3n) is 5.40. The Morgan fingerprint density at radius 3 is 2.52 bits per heavy atom. The van der Waals surface area contributed by atoms with Gasteiger partial charge in [0, 0.05) is 24.5 Å². The molecule has 1 aromatic heterocycles. The number of Topliss-reactive ketones (excluding diaryl/α,β-unsaturated/α-hetero) is 1. The Hall–Kier alpha value is -3.93. The lowest BCUT2D eigenvalue weighted by Crippen LogP contribution is -2.29. The first-order chi connectivity index (χ1) is 15.0. The SMILES string of the molecule is COc1ccc(C(O)=C2C(=O)C(=O)N(Cc3cccnc3)[C@@H]2c2ccccc2)cc1C. The van der Waals surface area contributed by atoms with Crippen molar-refractivity contribution in [2.45, 2.75) is 19.5 Å². The summed E-state index contributed by atoms with van der Waals surface area (Å²) in [6.45, 7) is 2.06. The molecule has 3 aromatic rings. The first kappa shape index (κ1) is 20.3. The van der Waals surface area contributed by atoms with Gasteiger partial charge in [0.2, 0.25) is 0 Å². The van der Waals surface area contributed by atoms with E-state index in [2.05, 4.69) is 4.98 Å². The Morgan fingerprint density at radius 2 is 1.87 bits per heavy atom. The molecule has 6 nitrogen and oxygen atoms in total. The molecule has 1 aliphatic rings. The summed E-state index contributed by atoms with van der Waals surface area (Å²) in [6.07, 6.45) is 3.31. The van der Waals surface area contributed by atoms with Gasteiger partial charge in [0.25, 0.3) is 11.7 Å². The molecule has 1 aliphatic heterocycles. The number of methoxy groups -OCH3 is 1. The van der Waals surface area contributed by atoms with Crippen LogP contribution in [0.25, 0.3) is 5.76 Å². The van der Waals surface area contributed by atoms with Gasteiger partial charge in [-0.15, -0.1) is 0 Å². The van der Waals surface area contributed by atoms with Crippen molar-refractivity contribution in [2.75, 3.05) is 7.11 Å². The number of pyridine rings is 1. The third kappa shape index (κ3) is 3.80. The lowest BCUT2D eigenvalue weighted by molar-refractivity contribution is -0.140. The van der Waals surface area contributed by atoms with Gasteiger partial charge in [0.1, 0.15) is 11.5 Å². The maximum Gasteiger partial charge on any atom is 0.295 e. The van der Waals surface area contributed by atoms with Crippen molar-refractivity contribution in [1.29, 1.82) is 0 Å². The van der Waals surface area contributed by atoms with Gasteiger partial charge in [-0.1, -0.05) is 36.4 Å². The smallest absolute Gasteiger partial charge is 0.295 e. The predicted octanol–water partition coefficient (Wildman–Crippen LogP) is 4.02. The van der Waals surface area contributed by atoms with Crippen LogP contribution in [0.1, 0.15) is 28.3 Å². The fraction of sp³-hybridized carbons (Fsp3) is 0.160. The van der Waals surface area contributed by atoms with E-state index in [1.165, 1.54) is 4.90 Å². The van der Waals surface area contributed by atoms with Gasteiger partial charge in [-0.05, 0) is 47.9 Å². The van der Waals surface area contributed by atoms with Crippen molar-refractivity contribution in [3.8, 4) is 5.75 Å². The van der Waals surface area contributed by atoms with Crippen LogP contribution in [0, 0.1) is 6.92 Å². The highest BCUT2D eigenvalue weighted by atomic mass is 16.5. The first-order valence-corrected chi connectivity index (χ1v) is 9.88. The number of aliphatic hydroxyl groups excluding tert-OH is 1. The number of carbonyl (C=O) groups is 2. The lowest BCUT2D eigenvalue weighted by Gasteiger charge is -2.25. The van der Waals surface area contributed by atoms with Gasteiger partial charge in [-0.3, -0.25) is 14.6 Å². The van der Waals surface area contributed by atoms with E-state index in [0.29, 0.717) is 11.3 Å². The van der Waals surface area contributed by atoms with Crippen LogP contribution in [0.2, 0.25) is 0 Å². The van der Waals surface area contributed by atoms with Crippen LogP contribution in [0.3, 0.4) is 0 Å². The summed E-state index contributed by atoms with van der Waals surface area (Å²) in [5, 5.41) is 11.1. The van der Waals surface area contributed by atoms with Gasteiger partial charge < -0.3 is 14.7 Å². The van der Waals surface area contributed by atoms with E-state index in [4.69, 9.17) is 4.74 Å².